The van der Waals surface area contributed by atoms with Crippen LogP contribution in [0.5, 0.6) is 0 Å². The number of urea groups is 1. The summed E-state index contributed by atoms with van der Waals surface area (Å²) in [6.45, 7) is 0.778. The predicted molar refractivity (Wildman–Crippen MR) is 105 cm³/mol. The van der Waals surface area contributed by atoms with Gasteiger partial charge in [-0.2, -0.15) is 5.10 Å². The highest BCUT2D eigenvalue weighted by Gasteiger charge is 2.28. The van der Waals surface area contributed by atoms with Crippen LogP contribution in [0.1, 0.15) is 16.1 Å². The number of nitrogens with one attached hydrogen (secondary N) is 3. The van der Waals surface area contributed by atoms with Crippen molar-refractivity contribution in [2.24, 2.45) is 0 Å². The Kier molecular flexibility index (Phi) is 4.71. The molecule has 0 fully saturated rings. The molecule has 27 heavy (non-hydrogen) atoms. The molecule has 7 nitrogen and oxygen atoms in total. The minimum atomic E-state index is -0.248. The van der Waals surface area contributed by atoms with Crippen molar-refractivity contribution in [3.05, 3.63) is 70.1 Å². The van der Waals surface area contributed by atoms with Gasteiger partial charge in [0.25, 0.3) is 0 Å². The molecular formula is C19H17N5O2S. The van der Waals surface area contributed by atoms with E-state index in [1.54, 1.807) is 22.3 Å². The highest BCUT2D eigenvalue weighted by atomic mass is 32.1. The van der Waals surface area contributed by atoms with E-state index in [2.05, 4.69) is 20.8 Å². The first-order chi connectivity index (χ1) is 13.2. The largest absolute Gasteiger partial charge is 0.322 e. The van der Waals surface area contributed by atoms with Crippen molar-refractivity contribution >= 4 is 40.9 Å². The Balaban J connectivity index is 1.38. The molecule has 3 N–H and O–H groups in total. The van der Waals surface area contributed by atoms with Crippen molar-refractivity contribution in [2.75, 3.05) is 10.6 Å². The molecule has 8 heteroatoms. The number of anilines is 2. The molecule has 0 unspecified atom stereocenters. The molecule has 1 aliphatic rings. The Morgan fingerprint density at radius 2 is 1.96 bits per heavy atom. The Bertz CT molecular complexity index is 979. The van der Waals surface area contributed by atoms with Crippen molar-refractivity contribution in [1.29, 1.82) is 0 Å². The summed E-state index contributed by atoms with van der Waals surface area (Å²) in [5, 5.41) is 14.7. The fraction of sp³-hybridized carbons (Fsp3) is 0.105. The zero-order chi connectivity index (χ0) is 18.6. The van der Waals surface area contributed by atoms with Crippen molar-refractivity contribution in [3.8, 4) is 0 Å². The van der Waals surface area contributed by atoms with Crippen LogP contribution in [0.15, 0.2) is 53.9 Å². The lowest BCUT2D eigenvalue weighted by atomic mass is 10.3. The number of nitrogens with zero attached hydrogens (tertiary/aromatic N) is 2. The van der Waals surface area contributed by atoms with Crippen LogP contribution in [-0.4, -0.2) is 27.0 Å². The van der Waals surface area contributed by atoms with E-state index in [0.717, 1.165) is 21.8 Å². The Morgan fingerprint density at radius 3 is 2.74 bits per heavy atom. The highest BCUT2D eigenvalue weighted by Crippen LogP contribution is 2.27. The quantitative estimate of drug-likeness (QED) is 0.604. The van der Waals surface area contributed by atoms with Gasteiger partial charge in [-0.25, -0.2) is 4.79 Å². The van der Waals surface area contributed by atoms with Gasteiger partial charge >= 0.3 is 6.03 Å². The summed E-state index contributed by atoms with van der Waals surface area (Å²) in [5.41, 5.74) is 2.33. The molecule has 0 saturated carbocycles. The van der Waals surface area contributed by atoms with E-state index in [4.69, 9.17) is 0 Å². The lowest BCUT2D eigenvalue weighted by molar-refractivity contribution is -0.111. The summed E-state index contributed by atoms with van der Waals surface area (Å²) in [6, 6.07) is 12.9. The molecule has 0 radical (unpaired) electrons. The van der Waals surface area contributed by atoms with Crippen LogP contribution in [0, 0.1) is 0 Å². The van der Waals surface area contributed by atoms with Crippen molar-refractivity contribution in [2.45, 2.75) is 13.1 Å². The van der Waals surface area contributed by atoms with Crippen LogP contribution in [0.25, 0.3) is 6.08 Å². The topological polar surface area (TPSA) is 90.1 Å². The number of rotatable bonds is 4. The van der Waals surface area contributed by atoms with E-state index in [1.165, 1.54) is 6.08 Å². The van der Waals surface area contributed by atoms with Gasteiger partial charge in [0.1, 0.15) is 5.82 Å². The molecule has 0 saturated heterocycles. The number of carbonyl (C=O) groups is 2. The van der Waals surface area contributed by atoms with Gasteiger partial charge in [-0.05, 0) is 29.7 Å². The Labute approximate surface area is 159 Å². The zero-order valence-electron chi connectivity index (χ0n) is 14.3. The maximum atomic E-state index is 12.4. The molecule has 2 aromatic heterocycles. The Morgan fingerprint density at radius 1 is 1.11 bits per heavy atom. The first kappa shape index (κ1) is 17.0. The first-order valence-corrected chi connectivity index (χ1v) is 9.26. The number of benzene rings is 1. The minimum Gasteiger partial charge on any atom is -0.314 e. The van der Waals surface area contributed by atoms with Crippen LogP contribution < -0.4 is 10.6 Å². The fourth-order valence-corrected chi connectivity index (χ4v) is 3.43. The average Bonchev–Trinajstić information content (AvgIpc) is 3.39. The second-order valence-corrected chi connectivity index (χ2v) is 6.99. The summed E-state index contributed by atoms with van der Waals surface area (Å²) in [5.74, 6) is 0.280. The molecule has 3 amide bonds. The molecule has 0 spiro atoms. The van der Waals surface area contributed by atoms with E-state index in [1.807, 2.05) is 47.8 Å². The highest BCUT2D eigenvalue weighted by molar-refractivity contribution is 7.10. The van der Waals surface area contributed by atoms with Gasteiger partial charge in [0.05, 0.1) is 18.8 Å². The predicted octanol–water partition coefficient (Wildman–Crippen LogP) is 3.67. The standard InChI is InChI=1S/C19H17N5O2S/c25-17(9-8-14-7-4-10-27-14)21-18-15-11-24(12-16(15)22-23-18)19(26)20-13-5-2-1-3-6-13/h1-10H,11-12H2,(H,20,26)(H2,21,22,23,25)/b9-8+. The van der Waals surface area contributed by atoms with Crippen molar-refractivity contribution in [1.82, 2.24) is 15.1 Å². The van der Waals surface area contributed by atoms with Crippen LogP contribution in [0.4, 0.5) is 16.3 Å². The van der Waals surface area contributed by atoms with Gasteiger partial charge in [0.2, 0.25) is 5.91 Å². The van der Waals surface area contributed by atoms with E-state index in [0.29, 0.717) is 18.9 Å². The number of aromatic amines is 1. The molecule has 0 atom stereocenters. The fourth-order valence-electron chi connectivity index (χ4n) is 2.81. The molecule has 3 heterocycles. The minimum absolute atomic E-state index is 0.200. The van der Waals surface area contributed by atoms with Gasteiger partial charge in [0.15, 0.2) is 0 Å². The number of thiophene rings is 1. The van der Waals surface area contributed by atoms with E-state index in [9.17, 15) is 9.59 Å². The maximum Gasteiger partial charge on any atom is 0.322 e. The first-order valence-electron chi connectivity index (χ1n) is 8.39. The normalized spacial score (nSPS) is 13.0. The van der Waals surface area contributed by atoms with Gasteiger partial charge in [-0.1, -0.05) is 24.3 Å². The molecule has 1 aliphatic heterocycles. The van der Waals surface area contributed by atoms with Crippen LogP contribution >= 0.6 is 11.3 Å². The van der Waals surface area contributed by atoms with E-state index >= 15 is 0 Å². The van der Waals surface area contributed by atoms with E-state index in [-0.39, 0.29) is 11.9 Å². The zero-order valence-corrected chi connectivity index (χ0v) is 15.1. The molecular weight excluding hydrogens is 362 g/mol. The lowest BCUT2D eigenvalue weighted by Gasteiger charge is -2.16. The Hall–Kier alpha value is -3.39. The number of hydrogen-bond donors (Lipinski definition) is 3. The van der Waals surface area contributed by atoms with Gasteiger partial charge in [-0.15, -0.1) is 11.3 Å². The monoisotopic (exact) mass is 379 g/mol. The van der Waals surface area contributed by atoms with Gasteiger partial charge in [0, 0.05) is 22.2 Å². The third kappa shape index (κ3) is 3.90. The van der Waals surface area contributed by atoms with E-state index < -0.39 is 0 Å². The number of fused-ring (bicyclic) bond motifs is 1. The summed E-state index contributed by atoms with van der Waals surface area (Å²) in [4.78, 5) is 27.2. The second kappa shape index (κ2) is 7.46. The second-order valence-electron chi connectivity index (χ2n) is 6.01. The van der Waals surface area contributed by atoms with Crippen molar-refractivity contribution < 1.29 is 9.59 Å². The molecule has 4 rings (SSSR count). The summed E-state index contributed by atoms with van der Waals surface area (Å²) in [7, 11) is 0. The molecule has 1 aromatic carbocycles. The lowest BCUT2D eigenvalue weighted by Crippen LogP contribution is -2.30. The number of para-hydroxylation sites is 1. The number of amides is 3. The number of carbonyl (C=O) groups excluding carboxylic acids is 2. The molecule has 0 aliphatic carbocycles. The van der Waals surface area contributed by atoms with Crippen LogP contribution in [0.2, 0.25) is 0 Å². The SMILES string of the molecule is O=C(/C=C/c1cccs1)Nc1[nH]nc2c1CN(C(=O)Nc1ccccc1)C2. The number of H-pyrrole nitrogens is 1. The molecule has 0 bridgehead atoms. The average molecular weight is 379 g/mol. The summed E-state index contributed by atoms with van der Waals surface area (Å²) < 4.78 is 0. The van der Waals surface area contributed by atoms with Gasteiger partial charge < -0.3 is 15.5 Å². The van der Waals surface area contributed by atoms with Crippen LogP contribution in [0.3, 0.4) is 0 Å². The van der Waals surface area contributed by atoms with Crippen LogP contribution in [-0.2, 0) is 17.9 Å². The third-order valence-electron chi connectivity index (χ3n) is 4.15. The third-order valence-corrected chi connectivity index (χ3v) is 4.98. The smallest absolute Gasteiger partial charge is 0.314 e. The number of hydrogen-bond acceptors (Lipinski definition) is 4. The van der Waals surface area contributed by atoms with Crippen molar-refractivity contribution in [3.63, 3.8) is 0 Å². The number of aromatic nitrogens is 2. The molecule has 3 aromatic rings. The molecule has 136 valence electrons. The summed E-state index contributed by atoms with van der Waals surface area (Å²) in [6.07, 6.45) is 3.24. The summed E-state index contributed by atoms with van der Waals surface area (Å²) >= 11 is 1.56. The van der Waals surface area contributed by atoms with Gasteiger partial charge in [-0.3, -0.25) is 9.89 Å². The maximum absolute atomic E-state index is 12.4.